The van der Waals surface area contributed by atoms with Crippen LogP contribution in [0, 0.1) is 23.7 Å². The molecule has 6 heteroatoms. The first kappa shape index (κ1) is 15.7. The largest absolute Gasteiger partial charge is 0.283 e. The number of benzene rings is 1. The Morgan fingerprint density at radius 2 is 2.00 bits per heavy atom. The molecule has 0 saturated heterocycles. The fourth-order valence-electron chi connectivity index (χ4n) is 1.91. The van der Waals surface area contributed by atoms with E-state index in [-0.39, 0.29) is 5.49 Å². The Kier molecular flexibility index (Phi) is 5.10. The molecule has 0 radical (unpaired) electrons. The van der Waals surface area contributed by atoms with Gasteiger partial charge in [0.25, 0.3) is 0 Å². The minimum Gasteiger partial charge on any atom is -0.283 e. The van der Waals surface area contributed by atoms with E-state index in [4.69, 9.17) is 5.41 Å². The van der Waals surface area contributed by atoms with Crippen LogP contribution >= 0.6 is 23.5 Å². The van der Waals surface area contributed by atoms with Crippen LogP contribution in [-0.2, 0) is 0 Å². The highest BCUT2D eigenvalue weighted by Gasteiger charge is 2.15. The molecule has 0 bridgehead atoms. The fraction of sp³-hybridized carbons (Fsp3) is 0.267. The summed E-state index contributed by atoms with van der Waals surface area (Å²) < 4.78 is 1.74. The number of nitrogens with one attached hydrogen (secondary N) is 1. The highest BCUT2D eigenvalue weighted by molar-refractivity contribution is 7.99. The number of hydrogen-bond acceptors (Lipinski definition) is 5. The molecule has 0 saturated carbocycles. The highest BCUT2D eigenvalue weighted by atomic mass is 32.2. The molecule has 0 aliphatic carbocycles. The lowest BCUT2D eigenvalue weighted by atomic mass is 10.2. The lowest BCUT2D eigenvalue weighted by molar-refractivity contribution is 0.724. The maximum Gasteiger partial charge on any atom is 0.175 e. The molecular formula is C15H16N4S2. The van der Waals surface area contributed by atoms with Crippen molar-refractivity contribution in [3.63, 3.8) is 0 Å². The molecule has 0 unspecified atom stereocenters. The summed E-state index contributed by atoms with van der Waals surface area (Å²) in [7, 11) is 0. The molecule has 1 N–H and O–H groups in total. The summed E-state index contributed by atoms with van der Waals surface area (Å²) in [6, 6.07) is 10.0. The molecular weight excluding hydrogens is 300 g/mol. The van der Waals surface area contributed by atoms with E-state index in [1.54, 1.807) is 16.3 Å². The van der Waals surface area contributed by atoms with Crippen LogP contribution in [0.1, 0.15) is 18.1 Å². The van der Waals surface area contributed by atoms with E-state index in [9.17, 15) is 5.26 Å². The van der Waals surface area contributed by atoms with Gasteiger partial charge in [0.05, 0.1) is 0 Å². The first-order chi connectivity index (χ1) is 10.1. The van der Waals surface area contributed by atoms with Crippen molar-refractivity contribution in [2.45, 2.75) is 24.0 Å². The Hall–Kier alpha value is -1.71. The van der Waals surface area contributed by atoms with Crippen LogP contribution in [0.25, 0.3) is 5.69 Å². The van der Waals surface area contributed by atoms with Crippen LogP contribution in [0.15, 0.2) is 34.4 Å². The Labute approximate surface area is 132 Å². The Bertz CT molecular complexity index is 742. The van der Waals surface area contributed by atoms with Gasteiger partial charge in [-0.1, -0.05) is 36.4 Å². The normalized spacial score (nSPS) is 10.4. The van der Waals surface area contributed by atoms with Gasteiger partial charge < -0.3 is 0 Å². The minimum atomic E-state index is 0.191. The van der Waals surface area contributed by atoms with Gasteiger partial charge in [0, 0.05) is 5.69 Å². The molecule has 2 aromatic rings. The molecule has 21 heavy (non-hydrogen) atoms. The summed E-state index contributed by atoms with van der Waals surface area (Å²) in [4.78, 5) is 4.56. The number of rotatable bonds is 4. The van der Waals surface area contributed by atoms with Crippen molar-refractivity contribution in [1.82, 2.24) is 9.55 Å². The number of aryl methyl sites for hydroxylation is 1. The van der Waals surface area contributed by atoms with E-state index in [1.165, 1.54) is 11.8 Å². The van der Waals surface area contributed by atoms with Gasteiger partial charge in [-0.15, -0.1) is 11.8 Å². The maximum atomic E-state index is 9.32. The van der Waals surface area contributed by atoms with Crippen LogP contribution in [0.2, 0.25) is 0 Å². The van der Waals surface area contributed by atoms with Crippen LogP contribution in [0.3, 0.4) is 0 Å². The van der Waals surface area contributed by atoms with Gasteiger partial charge in [0.15, 0.2) is 10.6 Å². The summed E-state index contributed by atoms with van der Waals surface area (Å²) in [5.41, 5.74) is 2.53. The molecule has 0 amide bonds. The summed E-state index contributed by atoms with van der Waals surface area (Å²) in [6.45, 7) is 4.07. The molecule has 108 valence electrons. The van der Waals surface area contributed by atoms with E-state index in [0.717, 1.165) is 22.2 Å². The summed E-state index contributed by atoms with van der Waals surface area (Å²) >= 11 is 2.97. The number of nitriles is 1. The van der Waals surface area contributed by atoms with Crippen molar-refractivity contribution in [1.29, 1.82) is 10.7 Å². The average molecular weight is 316 g/mol. The van der Waals surface area contributed by atoms with Gasteiger partial charge in [0.2, 0.25) is 0 Å². The monoisotopic (exact) mass is 316 g/mol. The van der Waals surface area contributed by atoms with Crippen molar-refractivity contribution in [2.24, 2.45) is 0 Å². The number of nitrogens with zero attached hydrogens (tertiary/aromatic N) is 3. The van der Waals surface area contributed by atoms with Crippen LogP contribution in [0.4, 0.5) is 0 Å². The van der Waals surface area contributed by atoms with Gasteiger partial charge in [0.1, 0.15) is 16.7 Å². The molecule has 1 aromatic carbocycles. The summed E-state index contributed by atoms with van der Waals surface area (Å²) in [5.74, 6) is 0.859. The molecule has 2 rings (SSSR count). The van der Waals surface area contributed by atoms with E-state index in [0.29, 0.717) is 10.6 Å². The highest BCUT2D eigenvalue weighted by Crippen LogP contribution is 2.23. The van der Waals surface area contributed by atoms with E-state index >= 15 is 0 Å². The predicted octanol–water partition coefficient (Wildman–Crippen LogP) is 3.37. The molecule has 4 nitrogen and oxygen atoms in total. The standard InChI is InChI=1S/C15H16N4S2/c1-4-21-15-18-14(20-3)12(9-16)13(17)19(15)11-7-5-10(2)6-8-11/h5-8,17H,4H2,1-3H3. The third-order valence-corrected chi connectivity index (χ3v) is 4.44. The third-order valence-electron chi connectivity index (χ3n) is 2.93. The van der Waals surface area contributed by atoms with Crippen LogP contribution in [0.5, 0.6) is 0 Å². The zero-order valence-electron chi connectivity index (χ0n) is 12.2. The molecule has 0 atom stereocenters. The smallest absolute Gasteiger partial charge is 0.175 e. The SMILES string of the molecule is CCSc1nc(SC)c(C#N)c(=N)n1-c1ccc(C)cc1. The number of aromatic nitrogens is 2. The number of hydrogen-bond donors (Lipinski definition) is 1. The van der Waals surface area contributed by atoms with Gasteiger partial charge in [-0.3, -0.25) is 9.98 Å². The molecule has 0 aliphatic rings. The molecule has 0 fully saturated rings. The molecule has 1 aromatic heterocycles. The van der Waals surface area contributed by atoms with Crippen molar-refractivity contribution >= 4 is 23.5 Å². The molecule has 0 aliphatic heterocycles. The quantitative estimate of drug-likeness (QED) is 0.533. The van der Waals surface area contributed by atoms with Crippen molar-refractivity contribution < 1.29 is 0 Å². The third kappa shape index (κ3) is 3.14. The van der Waals surface area contributed by atoms with E-state index < -0.39 is 0 Å². The Morgan fingerprint density at radius 1 is 1.33 bits per heavy atom. The second-order valence-electron chi connectivity index (χ2n) is 4.34. The van der Waals surface area contributed by atoms with Crippen molar-refractivity contribution in [3.8, 4) is 11.8 Å². The van der Waals surface area contributed by atoms with Gasteiger partial charge >= 0.3 is 0 Å². The Morgan fingerprint density at radius 3 is 2.52 bits per heavy atom. The van der Waals surface area contributed by atoms with E-state index in [1.807, 2.05) is 44.4 Å². The van der Waals surface area contributed by atoms with Crippen molar-refractivity contribution in [2.75, 3.05) is 12.0 Å². The molecule has 0 spiro atoms. The predicted molar refractivity (Wildman–Crippen MR) is 87.0 cm³/mol. The first-order valence-corrected chi connectivity index (χ1v) is 8.69. The topological polar surface area (TPSA) is 65.5 Å². The average Bonchev–Trinajstić information content (AvgIpc) is 2.48. The summed E-state index contributed by atoms with van der Waals surface area (Å²) in [6.07, 6.45) is 1.87. The zero-order valence-corrected chi connectivity index (χ0v) is 13.8. The van der Waals surface area contributed by atoms with Gasteiger partial charge in [-0.2, -0.15) is 5.26 Å². The van der Waals surface area contributed by atoms with Crippen LogP contribution < -0.4 is 5.49 Å². The maximum absolute atomic E-state index is 9.32. The lowest BCUT2D eigenvalue weighted by Crippen LogP contribution is -2.25. The molecule has 1 heterocycles. The second-order valence-corrected chi connectivity index (χ2v) is 6.37. The second kappa shape index (κ2) is 6.83. The first-order valence-electron chi connectivity index (χ1n) is 6.48. The number of thioether (sulfide) groups is 2. The minimum absolute atomic E-state index is 0.191. The van der Waals surface area contributed by atoms with E-state index in [2.05, 4.69) is 11.1 Å². The van der Waals surface area contributed by atoms with Crippen molar-refractivity contribution in [3.05, 3.63) is 40.9 Å². The van der Waals surface area contributed by atoms with Gasteiger partial charge in [-0.05, 0) is 31.1 Å². The fourth-order valence-corrected chi connectivity index (χ4v) is 3.23. The Balaban J connectivity index is 2.76. The van der Waals surface area contributed by atoms with Gasteiger partial charge in [-0.25, -0.2) is 4.98 Å². The summed E-state index contributed by atoms with van der Waals surface area (Å²) in [5, 5.41) is 19.1. The zero-order chi connectivity index (χ0) is 15.4. The van der Waals surface area contributed by atoms with Crippen LogP contribution in [-0.4, -0.2) is 21.6 Å². The lowest BCUT2D eigenvalue weighted by Gasteiger charge is -2.15.